The van der Waals surface area contributed by atoms with Gasteiger partial charge in [-0.15, -0.1) is 0 Å². The van der Waals surface area contributed by atoms with E-state index >= 15 is 0 Å². The molecule has 0 aliphatic heterocycles. The van der Waals surface area contributed by atoms with Crippen molar-refractivity contribution in [2.75, 3.05) is 19.0 Å². The number of carbonyl (C=O) groups excluding carboxylic acids is 2. The van der Waals surface area contributed by atoms with Crippen molar-refractivity contribution in [1.82, 2.24) is 15.3 Å². The molecule has 0 bridgehead atoms. The molecule has 0 fully saturated rings. The molecule has 7 heteroatoms. The van der Waals surface area contributed by atoms with Crippen LogP contribution < -0.4 is 10.6 Å². The number of anilines is 2. The first kappa shape index (κ1) is 17.4. The second-order valence-electron chi connectivity index (χ2n) is 5.07. The molecule has 0 saturated heterocycles. The zero-order chi connectivity index (χ0) is 17.4. The predicted molar refractivity (Wildman–Crippen MR) is 90.3 cm³/mol. The number of unbranched alkanes of at least 4 members (excludes halogenated alkanes) is 1. The monoisotopic (exact) mass is 328 g/mol. The van der Waals surface area contributed by atoms with Gasteiger partial charge in [0.05, 0.1) is 12.7 Å². The minimum Gasteiger partial charge on any atom is -0.465 e. The molecule has 0 aliphatic carbocycles. The molecule has 2 aromatic rings. The Hall–Kier alpha value is -2.96. The summed E-state index contributed by atoms with van der Waals surface area (Å²) >= 11 is 0. The molecule has 126 valence electrons. The zero-order valence-corrected chi connectivity index (χ0v) is 13.7. The highest BCUT2D eigenvalue weighted by molar-refractivity contribution is 5.92. The largest absolute Gasteiger partial charge is 0.465 e. The van der Waals surface area contributed by atoms with Crippen LogP contribution in [-0.4, -0.2) is 35.5 Å². The van der Waals surface area contributed by atoms with Crippen molar-refractivity contribution in [3.05, 3.63) is 47.8 Å². The molecule has 7 nitrogen and oxygen atoms in total. The van der Waals surface area contributed by atoms with Crippen LogP contribution in [0.3, 0.4) is 0 Å². The van der Waals surface area contributed by atoms with Crippen molar-refractivity contribution >= 4 is 23.5 Å². The fraction of sp³-hybridized carbons (Fsp3) is 0.294. The Balaban J connectivity index is 2.03. The minimum atomic E-state index is -0.399. The number of methoxy groups -OCH3 is 1. The third-order valence-corrected chi connectivity index (χ3v) is 3.27. The lowest BCUT2D eigenvalue weighted by Crippen LogP contribution is -2.25. The molecule has 24 heavy (non-hydrogen) atoms. The van der Waals surface area contributed by atoms with Crippen LogP contribution in [0.2, 0.25) is 0 Å². The number of ether oxygens (including phenoxy) is 1. The van der Waals surface area contributed by atoms with E-state index in [1.54, 1.807) is 30.3 Å². The van der Waals surface area contributed by atoms with Gasteiger partial charge in [-0.2, -0.15) is 0 Å². The van der Waals surface area contributed by atoms with Gasteiger partial charge in [-0.3, -0.25) is 4.79 Å². The number of esters is 1. The number of carbonyl (C=O) groups is 2. The van der Waals surface area contributed by atoms with Crippen molar-refractivity contribution < 1.29 is 14.3 Å². The standard InChI is InChI=1S/C17H20N4O3/c1-3-4-10-18-15(22)14-9-11-19-17(21-14)20-13-7-5-12(6-8-13)16(23)24-2/h5-9,11H,3-4,10H2,1-2H3,(H,18,22)(H,19,20,21). The maximum Gasteiger partial charge on any atom is 0.337 e. The normalized spacial score (nSPS) is 10.1. The molecule has 1 aromatic heterocycles. The zero-order valence-electron chi connectivity index (χ0n) is 13.7. The minimum absolute atomic E-state index is 0.227. The summed E-state index contributed by atoms with van der Waals surface area (Å²) in [4.78, 5) is 31.7. The number of benzene rings is 1. The maximum absolute atomic E-state index is 12.0. The molecule has 0 aliphatic rings. The molecule has 2 N–H and O–H groups in total. The van der Waals surface area contributed by atoms with Crippen LogP contribution in [0.1, 0.15) is 40.6 Å². The summed E-state index contributed by atoms with van der Waals surface area (Å²) in [6, 6.07) is 8.25. The Morgan fingerprint density at radius 2 is 1.92 bits per heavy atom. The van der Waals surface area contributed by atoms with E-state index in [9.17, 15) is 9.59 Å². The van der Waals surface area contributed by atoms with Crippen molar-refractivity contribution in [2.45, 2.75) is 19.8 Å². The van der Waals surface area contributed by atoms with Crippen LogP contribution in [0.25, 0.3) is 0 Å². The highest BCUT2D eigenvalue weighted by atomic mass is 16.5. The van der Waals surface area contributed by atoms with E-state index in [0.717, 1.165) is 12.8 Å². The van der Waals surface area contributed by atoms with E-state index in [4.69, 9.17) is 0 Å². The number of hydrogen-bond acceptors (Lipinski definition) is 6. The lowest BCUT2D eigenvalue weighted by Gasteiger charge is -2.07. The number of nitrogens with one attached hydrogen (secondary N) is 2. The summed E-state index contributed by atoms with van der Waals surface area (Å²) in [7, 11) is 1.33. The topological polar surface area (TPSA) is 93.2 Å². The molecule has 0 spiro atoms. The van der Waals surface area contributed by atoms with Gasteiger partial charge in [0.2, 0.25) is 5.95 Å². The SMILES string of the molecule is CCCCNC(=O)c1ccnc(Nc2ccc(C(=O)OC)cc2)n1. The first-order valence-electron chi connectivity index (χ1n) is 7.70. The van der Waals surface area contributed by atoms with E-state index < -0.39 is 5.97 Å². The first-order valence-corrected chi connectivity index (χ1v) is 7.70. The number of rotatable bonds is 7. The Morgan fingerprint density at radius 3 is 2.58 bits per heavy atom. The van der Waals surface area contributed by atoms with Gasteiger partial charge in [0.25, 0.3) is 5.91 Å². The molecule has 2 rings (SSSR count). The Kier molecular flexibility index (Phi) is 6.24. The van der Waals surface area contributed by atoms with Crippen molar-refractivity contribution in [3.63, 3.8) is 0 Å². The van der Waals surface area contributed by atoms with Gasteiger partial charge in [-0.1, -0.05) is 13.3 Å². The van der Waals surface area contributed by atoms with Crippen LogP contribution in [0.5, 0.6) is 0 Å². The number of nitrogens with zero attached hydrogens (tertiary/aromatic N) is 2. The van der Waals surface area contributed by atoms with E-state index in [0.29, 0.717) is 29.4 Å². The Labute approximate surface area is 140 Å². The third kappa shape index (κ3) is 4.77. The fourth-order valence-corrected chi connectivity index (χ4v) is 1.95. The molecule has 1 amide bonds. The van der Waals surface area contributed by atoms with Crippen LogP contribution in [0.4, 0.5) is 11.6 Å². The fourth-order valence-electron chi connectivity index (χ4n) is 1.95. The van der Waals surface area contributed by atoms with Crippen LogP contribution in [0.15, 0.2) is 36.5 Å². The average molecular weight is 328 g/mol. The molecule has 0 atom stereocenters. The Bertz CT molecular complexity index is 701. The van der Waals surface area contributed by atoms with E-state index in [1.807, 2.05) is 0 Å². The van der Waals surface area contributed by atoms with Crippen molar-refractivity contribution in [2.24, 2.45) is 0 Å². The molecular weight excluding hydrogens is 308 g/mol. The highest BCUT2D eigenvalue weighted by Crippen LogP contribution is 2.14. The third-order valence-electron chi connectivity index (χ3n) is 3.27. The Morgan fingerprint density at radius 1 is 1.17 bits per heavy atom. The molecular formula is C17H20N4O3. The number of hydrogen-bond donors (Lipinski definition) is 2. The summed E-state index contributed by atoms with van der Waals surface area (Å²) in [6.45, 7) is 2.68. The van der Waals surface area contributed by atoms with Gasteiger partial charge < -0.3 is 15.4 Å². The van der Waals surface area contributed by atoms with Gasteiger partial charge in [0.15, 0.2) is 0 Å². The predicted octanol–water partition coefficient (Wildman–Crippen LogP) is 2.54. The summed E-state index contributed by atoms with van der Waals surface area (Å²) in [5, 5.41) is 5.81. The lowest BCUT2D eigenvalue weighted by molar-refractivity contribution is 0.0600. The highest BCUT2D eigenvalue weighted by Gasteiger charge is 2.09. The molecule has 0 radical (unpaired) electrons. The van der Waals surface area contributed by atoms with Crippen LogP contribution >= 0.6 is 0 Å². The van der Waals surface area contributed by atoms with E-state index in [-0.39, 0.29) is 5.91 Å². The van der Waals surface area contributed by atoms with Gasteiger partial charge in [0.1, 0.15) is 5.69 Å². The number of aromatic nitrogens is 2. The first-order chi connectivity index (χ1) is 11.6. The van der Waals surface area contributed by atoms with E-state index in [1.165, 1.54) is 13.3 Å². The summed E-state index contributed by atoms with van der Waals surface area (Å²) in [6.07, 6.45) is 3.46. The summed E-state index contributed by atoms with van der Waals surface area (Å²) < 4.78 is 4.65. The molecule has 0 unspecified atom stereocenters. The molecule has 1 aromatic carbocycles. The van der Waals surface area contributed by atoms with Crippen molar-refractivity contribution in [3.8, 4) is 0 Å². The van der Waals surface area contributed by atoms with E-state index in [2.05, 4.69) is 32.3 Å². The smallest absolute Gasteiger partial charge is 0.337 e. The van der Waals surface area contributed by atoms with Gasteiger partial charge in [0, 0.05) is 18.4 Å². The number of amides is 1. The molecule has 1 heterocycles. The second kappa shape index (κ2) is 8.61. The van der Waals surface area contributed by atoms with Crippen LogP contribution in [0, 0.1) is 0 Å². The lowest BCUT2D eigenvalue weighted by atomic mass is 10.2. The van der Waals surface area contributed by atoms with Gasteiger partial charge in [-0.05, 0) is 36.8 Å². The summed E-state index contributed by atoms with van der Waals surface area (Å²) in [5.74, 6) is -0.317. The maximum atomic E-state index is 12.0. The van der Waals surface area contributed by atoms with Gasteiger partial charge in [-0.25, -0.2) is 14.8 Å². The summed E-state index contributed by atoms with van der Waals surface area (Å²) in [5.41, 5.74) is 1.45. The van der Waals surface area contributed by atoms with Crippen LogP contribution in [-0.2, 0) is 4.74 Å². The van der Waals surface area contributed by atoms with Crippen molar-refractivity contribution in [1.29, 1.82) is 0 Å². The quantitative estimate of drug-likeness (QED) is 0.599. The second-order valence-corrected chi connectivity index (χ2v) is 5.07. The molecule has 0 saturated carbocycles. The van der Waals surface area contributed by atoms with Gasteiger partial charge >= 0.3 is 5.97 Å². The average Bonchev–Trinajstić information content (AvgIpc) is 2.62.